The van der Waals surface area contributed by atoms with E-state index in [1.807, 2.05) is 0 Å². The van der Waals surface area contributed by atoms with Gasteiger partial charge in [-0.1, -0.05) is 6.07 Å². The van der Waals surface area contributed by atoms with Gasteiger partial charge in [-0.3, -0.25) is 14.6 Å². The standard InChI is InChI=1S/C27H36FN7O3/c1-34-25(9-12-31-34)33-24(27(36)37)10-14-35(15-16-38-23-17-21(28)18-29-19-23)13-3-2-6-22-8-7-20-5-4-11-30-26(20)32-22/h7-9,12,17-19,24,33H,2-6,10-11,13-16H2,1H3,(H,30,32)(H,36,37). The maximum Gasteiger partial charge on any atom is 0.326 e. The van der Waals surface area contributed by atoms with Gasteiger partial charge in [-0.15, -0.1) is 0 Å². The summed E-state index contributed by atoms with van der Waals surface area (Å²) in [6.45, 7) is 3.24. The Hall–Kier alpha value is -3.73. The van der Waals surface area contributed by atoms with Gasteiger partial charge in [0.15, 0.2) is 0 Å². The maximum absolute atomic E-state index is 13.4. The third-order valence-corrected chi connectivity index (χ3v) is 6.64. The summed E-state index contributed by atoms with van der Waals surface area (Å²) in [5.74, 6) is 0.674. The number of hydrogen-bond donors (Lipinski definition) is 3. The van der Waals surface area contributed by atoms with Gasteiger partial charge in [-0.2, -0.15) is 5.10 Å². The minimum atomic E-state index is -0.916. The van der Waals surface area contributed by atoms with E-state index in [9.17, 15) is 14.3 Å². The molecule has 0 saturated heterocycles. The van der Waals surface area contributed by atoms with Crippen LogP contribution in [0.2, 0.25) is 0 Å². The van der Waals surface area contributed by atoms with Crippen molar-refractivity contribution in [2.75, 3.05) is 43.4 Å². The Morgan fingerprint density at radius 1 is 1.26 bits per heavy atom. The SMILES string of the molecule is Cn1nccc1NC(CCN(CCCCc1ccc2c(n1)NCCC2)CCOc1cncc(F)c1)C(=O)O. The van der Waals surface area contributed by atoms with E-state index in [0.717, 1.165) is 62.9 Å². The van der Waals surface area contributed by atoms with Crippen LogP contribution in [0.5, 0.6) is 5.75 Å². The van der Waals surface area contributed by atoms with E-state index >= 15 is 0 Å². The Labute approximate surface area is 222 Å². The van der Waals surface area contributed by atoms with Gasteiger partial charge in [-0.05, 0) is 56.7 Å². The molecule has 0 amide bonds. The fourth-order valence-electron chi connectivity index (χ4n) is 4.51. The van der Waals surface area contributed by atoms with Crippen LogP contribution in [0.15, 0.2) is 42.9 Å². The van der Waals surface area contributed by atoms with Crippen molar-refractivity contribution in [3.63, 3.8) is 0 Å². The first kappa shape index (κ1) is 27.3. The highest BCUT2D eigenvalue weighted by Crippen LogP contribution is 2.20. The number of carboxylic acid groups (broad SMARTS) is 1. The molecule has 11 heteroatoms. The molecule has 3 N–H and O–H groups in total. The van der Waals surface area contributed by atoms with Gasteiger partial charge in [-0.25, -0.2) is 14.2 Å². The van der Waals surface area contributed by atoms with E-state index in [1.54, 1.807) is 24.0 Å². The van der Waals surface area contributed by atoms with Crippen LogP contribution in [0.1, 0.15) is 36.9 Å². The van der Waals surface area contributed by atoms with Crippen molar-refractivity contribution in [3.8, 4) is 5.75 Å². The van der Waals surface area contributed by atoms with Crippen molar-refractivity contribution in [1.29, 1.82) is 0 Å². The molecule has 38 heavy (non-hydrogen) atoms. The summed E-state index contributed by atoms with van der Waals surface area (Å²) in [5, 5.41) is 20.3. The molecule has 0 spiro atoms. The predicted octanol–water partition coefficient (Wildman–Crippen LogP) is 3.37. The molecule has 1 atom stereocenters. The number of unbranched alkanes of at least 4 members (excludes halogenated alkanes) is 1. The first-order chi connectivity index (χ1) is 18.5. The van der Waals surface area contributed by atoms with E-state index in [0.29, 0.717) is 37.7 Å². The molecule has 0 bridgehead atoms. The van der Waals surface area contributed by atoms with E-state index in [1.165, 1.54) is 17.8 Å². The zero-order chi connectivity index (χ0) is 26.7. The number of nitrogens with zero attached hydrogens (tertiary/aromatic N) is 5. The molecular weight excluding hydrogens is 489 g/mol. The molecule has 3 aromatic heterocycles. The molecule has 0 saturated carbocycles. The largest absolute Gasteiger partial charge is 0.491 e. The third-order valence-electron chi connectivity index (χ3n) is 6.64. The molecule has 0 fully saturated rings. The summed E-state index contributed by atoms with van der Waals surface area (Å²) >= 11 is 0. The molecule has 1 aliphatic rings. The van der Waals surface area contributed by atoms with Gasteiger partial charge < -0.3 is 20.5 Å². The fourth-order valence-corrected chi connectivity index (χ4v) is 4.51. The van der Waals surface area contributed by atoms with E-state index in [4.69, 9.17) is 9.72 Å². The quantitative estimate of drug-likeness (QED) is 0.257. The van der Waals surface area contributed by atoms with Gasteiger partial charge in [0.05, 0.1) is 18.6 Å². The van der Waals surface area contributed by atoms with E-state index in [-0.39, 0.29) is 0 Å². The van der Waals surface area contributed by atoms with Gasteiger partial charge in [0.2, 0.25) is 0 Å². The summed E-state index contributed by atoms with van der Waals surface area (Å²) in [6.07, 6.45) is 9.63. The molecule has 204 valence electrons. The Balaban J connectivity index is 1.29. The fraction of sp³-hybridized carbons (Fsp3) is 0.481. The number of nitrogens with one attached hydrogen (secondary N) is 2. The predicted molar refractivity (Wildman–Crippen MR) is 143 cm³/mol. The minimum absolute atomic E-state index is 0.343. The normalized spacial score (nSPS) is 13.6. The van der Waals surface area contributed by atoms with Gasteiger partial charge >= 0.3 is 5.97 Å². The van der Waals surface area contributed by atoms with Crippen LogP contribution in [0.3, 0.4) is 0 Å². The Morgan fingerprint density at radius 2 is 2.16 bits per heavy atom. The molecule has 0 aromatic carbocycles. The van der Waals surface area contributed by atoms with Crippen molar-refractivity contribution in [3.05, 3.63) is 59.9 Å². The highest BCUT2D eigenvalue weighted by Gasteiger charge is 2.20. The van der Waals surface area contributed by atoms with Crippen LogP contribution >= 0.6 is 0 Å². The second-order valence-electron chi connectivity index (χ2n) is 9.49. The molecule has 4 rings (SSSR count). The van der Waals surface area contributed by atoms with Gasteiger partial charge in [0.1, 0.15) is 35.9 Å². The number of anilines is 2. The highest BCUT2D eigenvalue weighted by molar-refractivity contribution is 5.76. The Kier molecular flexibility index (Phi) is 9.85. The molecule has 0 radical (unpaired) electrons. The van der Waals surface area contributed by atoms with Crippen molar-refractivity contribution in [2.24, 2.45) is 7.05 Å². The summed E-state index contributed by atoms with van der Waals surface area (Å²) < 4.78 is 20.7. The summed E-state index contributed by atoms with van der Waals surface area (Å²) in [7, 11) is 1.76. The average Bonchev–Trinajstić information content (AvgIpc) is 3.32. The second-order valence-corrected chi connectivity index (χ2v) is 9.49. The van der Waals surface area contributed by atoms with Crippen LogP contribution in [0.4, 0.5) is 16.0 Å². The molecule has 3 aromatic rings. The monoisotopic (exact) mass is 525 g/mol. The summed E-state index contributed by atoms with van der Waals surface area (Å²) in [6, 6.07) is 6.59. The summed E-state index contributed by atoms with van der Waals surface area (Å²) in [4.78, 5) is 22.7. The smallest absolute Gasteiger partial charge is 0.326 e. The molecule has 1 unspecified atom stereocenters. The number of aliphatic carboxylic acids is 1. The minimum Gasteiger partial charge on any atom is -0.491 e. The number of rotatable bonds is 15. The number of fused-ring (bicyclic) bond motifs is 1. The van der Waals surface area contributed by atoms with Crippen molar-refractivity contribution >= 4 is 17.6 Å². The number of hydrogen-bond acceptors (Lipinski definition) is 8. The van der Waals surface area contributed by atoms with Crippen LogP contribution in [0, 0.1) is 5.82 Å². The van der Waals surface area contributed by atoms with Crippen LogP contribution < -0.4 is 15.4 Å². The topological polar surface area (TPSA) is 117 Å². The van der Waals surface area contributed by atoms with Crippen molar-refractivity contribution in [2.45, 2.75) is 44.6 Å². The molecule has 0 aliphatic carbocycles. The lowest BCUT2D eigenvalue weighted by atomic mass is 10.1. The first-order valence-electron chi connectivity index (χ1n) is 13.1. The maximum atomic E-state index is 13.4. The van der Waals surface area contributed by atoms with E-state index < -0.39 is 17.8 Å². The number of pyridine rings is 2. The first-order valence-corrected chi connectivity index (χ1v) is 13.1. The average molecular weight is 526 g/mol. The van der Waals surface area contributed by atoms with Crippen LogP contribution in [-0.4, -0.2) is 74.6 Å². The second kappa shape index (κ2) is 13.7. The number of ether oxygens (including phenoxy) is 1. The lowest BCUT2D eigenvalue weighted by Gasteiger charge is -2.25. The third kappa shape index (κ3) is 8.14. The molecule has 4 heterocycles. The number of carboxylic acids is 1. The number of aromatic nitrogens is 4. The van der Waals surface area contributed by atoms with Gasteiger partial charge in [0.25, 0.3) is 0 Å². The van der Waals surface area contributed by atoms with Crippen LogP contribution in [0.25, 0.3) is 0 Å². The summed E-state index contributed by atoms with van der Waals surface area (Å²) in [5.41, 5.74) is 2.37. The van der Waals surface area contributed by atoms with E-state index in [2.05, 4.69) is 37.7 Å². The zero-order valence-corrected chi connectivity index (χ0v) is 21.8. The Morgan fingerprint density at radius 3 is 2.95 bits per heavy atom. The number of halogens is 1. The Bertz CT molecular complexity index is 1190. The van der Waals surface area contributed by atoms with Gasteiger partial charge in [0, 0.05) is 44.5 Å². The van der Waals surface area contributed by atoms with Crippen molar-refractivity contribution < 1.29 is 19.0 Å². The lowest BCUT2D eigenvalue weighted by molar-refractivity contribution is -0.138. The van der Waals surface area contributed by atoms with Crippen LogP contribution in [-0.2, 0) is 24.7 Å². The zero-order valence-electron chi connectivity index (χ0n) is 21.8. The molecule has 1 aliphatic heterocycles. The lowest BCUT2D eigenvalue weighted by Crippen LogP contribution is -2.37. The number of carbonyl (C=O) groups is 1. The number of aryl methyl sites for hydroxylation is 3. The molecular formula is C27H36FN7O3. The van der Waals surface area contributed by atoms with Crippen molar-refractivity contribution in [1.82, 2.24) is 24.6 Å². The highest BCUT2D eigenvalue weighted by atomic mass is 19.1. The molecule has 10 nitrogen and oxygen atoms in total.